The number of benzene rings is 1. The second kappa shape index (κ2) is 3.80. The number of aromatic nitrogens is 1. The Morgan fingerprint density at radius 1 is 1.27 bits per heavy atom. The van der Waals surface area contributed by atoms with Crippen LogP contribution in [0.4, 0.5) is 0 Å². The standard InChI is InChI=1S/C10H4Br2N2O/c11-7-2-5-1-6(4-13)10(15)14-9(5)8(12)3-7/h1-3H,(H,14,15). The number of pyridine rings is 1. The summed E-state index contributed by atoms with van der Waals surface area (Å²) in [7, 11) is 0. The lowest BCUT2D eigenvalue weighted by Crippen LogP contribution is -2.09. The molecule has 0 saturated heterocycles. The molecule has 74 valence electrons. The lowest BCUT2D eigenvalue weighted by atomic mass is 10.2. The first kappa shape index (κ1) is 10.4. The van der Waals surface area contributed by atoms with Gasteiger partial charge in [0.25, 0.3) is 5.56 Å². The van der Waals surface area contributed by atoms with Crippen molar-refractivity contribution in [1.82, 2.24) is 4.98 Å². The van der Waals surface area contributed by atoms with E-state index in [1.807, 2.05) is 18.2 Å². The Morgan fingerprint density at radius 2 is 2.00 bits per heavy atom. The molecule has 0 aliphatic rings. The lowest BCUT2D eigenvalue weighted by molar-refractivity contribution is 1.27. The van der Waals surface area contributed by atoms with Gasteiger partial charge in [-0.05, 0) is 34.1 Å². The van der Waals surface area contributed by atoms with Crippen molar-refractivity contribution in [3.63, 3.8) is 0 Å². The predicted octanol–water partition coefficient (Wildman–Crippen LogP) is 2.92. The molecule has 3 nitrogen and oxygen atoms in total. The zero-order valence-electron chi connectivity index (χ0n) is 7.34. The summed E-state index contributed by atoms with van der Waals surface area (Å²) in [6, 6.07) is 7.11. The van der Waals surface area contributed by atoms with Gasteiger partial charge in [-0.1, -0.05) is 15.9 Å². The van der Waals surface area contributed by atoms with Gasteiger partial charge in [-0.15, -0.1) is 0 Å². The first-order valence-electron chi connectivity index (χ1n) is 4.04. The molecule has 15 heavy (non-hydrogen) atoms. The lowest BCUT2D eigenvalue weighted by Gasteiger charge is -2.01. The van der Waals surface area contributed by atoms with Crippen LogP contribution in [0, 0.1) is 11.3 Å². The SMILES string of the molecule is N#Cc1cc2cc(Br)cc(Br)c2[nH]c1=O. The number of H-pyrrole nitrogens is 1. The summed E-state index contributed by atoms with van der Waals surface area (Å²) in [5, 5.41) is 9.54. The van der Waals surface area contributed by atoms with Crippen LogP contribution in [0.25, 0.3) is 10.9 Å². The van der Waals surface area contributed by atoms with Crippen molar-refractivity contribution in [2.75, 3.05) is 0 Å². The van der Waals surface area contributed by atoms with Crippen molar-refractivity contribution in [3.8, 4) is 6.07 Å². The molecule has 1 N–H and O–H groups in total. The topological polar surface area (TPSA) is 56.6 Å². The van der Waals surface area contributed by atoms with Gasteiger partial charge in [0.1, 0.15) is 11.6 Å². The zero-order valence-corrected chi connectivity index (χ0v) is 10.5. The van der Waals surface area contributed by atoms with Gasteiger partial charge in [0.15, 0.2) is 0 Å². The first-order valence-corrected chi connectivity index (χ1v) is 5.62. The average Bonchev–Trinajstić information content (AvgIpc) is 2.18. The van der Waals surface area contributed by atoms with E-state index in [-0.39, 0.29) is 11.1 Å². The van der Waals surface area contributed by atoms with E-state index in [2.05, 4.69) is 36.8 Å². The summed E-state index contributed by atoms with van der Waals surface area (Å²) in [6.07, 6.45) is 0. The summed E-state index contributed by atoms with van der Waals surface area (Å²) < 4.78 is 1.67. The zero-order chi connectivity index (χ0) is 11.0. The van der Waals surface area contributed by atoms with Gasteiger partial charge >= 0.3 is 0 Å². The molecule has 0 saturated carbocycles. The molecule has 0 unspecified atom stereocenters. The van der Waals surface area contributed by atoms with Crippen LogP contribution in [-0.2, 0) is 0 Å². The molecule has 0 bridgehead atoms. The highest BCUT2D eigenvalue weighted by atomic mass is 79.9. The van der Waals surface area contributed by atoms with Crippen LogP contribution >= 0.6 is 31.9 Å². The van der Waals surface area contributed by atoms with E-state index in [9.17, 15) is 4.79 Å². The van der Waals surface area contributed by atoms with Crippen LogP contribution in [0.5, 0.6) is 0 Å². The number of nitrogens with one attached hydrogen (secondary N) is 1. The highest BCUT2D eigenvalue weighted by Crippen LogP contribution is 2.26. The van der Waals surface area contributed by atoms with Gasteiger partial charge in [-0.25, -0.2) is 0 Å². The van der Waals surface area contributed by atoms with Gasteiger partial charge < -0.3 is 4.98 Å². The van der Waals surface area contributed by atoms with Crippen LogP contribution in [-0.4, -0.2) is 4.98 Å². The minimum absolute atomic E-state index is 0.118. The van der Waals surface area contributed by atoms with Gasteiger partial charge in [0, 0.05) is 14.3 Å². The molecular formula is C10H4Br2N2O. The average molecular weight is 328 g/mol. The molecule has 1 heterocycles. The second-order valence-electron chi connectivity index (χ2n) is 2.98. The van der Waals surface area contributed by atoms with Crippen molar-refractivity contribution < 1.29 is 0 Å². The fourth-order valence-electron chi connectivity index (χ4n) is 1.32. The number of hydrogen-bond acceptors (Lipinski definition) is 2. The minimum Gasteiger partial charge on any atom is -0.320 e. The van der Waals surface area contributed by atoms with Crippen LogP contribution in [0.2, 0.25) is 0 Å². The summed E-state index contributed by atoms with van der Waals surface area (Å²) in [4.78, 5) is 14.0. The molecule has 0 aliphatic heterocycles. The Hall–Kier alpha value is -1.12. The van der Waals surface area contributed by atoms with Crippen molar-refractivity contribution in [1.29, 1.82) is 5.26 Å². The van der Waals surface area contributed by atoms with Gasteiger partial charge in [0.2, 0.25) is 0 Å². The molecule has 0 amide bonds. The normalized spacial score (nSPS) is 10.2. The Morgan fingerprint density at radius 3 is 2.67 bits per heavy atom. The van der Waals surface area contributed by atoms with E-state index < -0.39 is 0 Å². The van der Waals surface area contributed by atoms with E-state index in [1.165, 1.54) is 0 Å². The van der Waals surface area contributed by atoms with E-state index in [4.69, 9.17) is 5.26 Å². The van der Waals surface area contributed by atoms with E-state index in [0.717, 1.165) is 14.3 Å². The number of rotatable bonds is 0. The predicted molar refractivity (Wildman–Crippen MR) is 64.7 cm³/mol. The fraction of sp³-hybridized carbons (Fsp3) is 0. The Balaban J connectivity index is 2.95. The molecule has 2 aromatic rings. The maximum atomic E-state index is 11.4. The molecule has 1 aromatic heterocycles. The fourth-order valence-corrected chi connectivity index (χ4v) is 2.68. The van der Waals surface area contributed by atoms with Gasteiger partial charge in [-0.3, -0.25) is 4.79 Å². The third-order valence-electron chi connectivity index (χ3n) is 1.99. The van der Waals surface area contributed by atoms with Gasteiger partial charge in [-0.2, -0.15) is 5.26 Å². The number of nitriles is 1. The Kier molecular flexibility index (Phi) is 2.63. The number of hydrogen-bond donors (Lipinski definition) is 1. The Bertz CT molecular complexity index is 640. The molecule has 2 rings (SSSR count). The molecule has 0 fully saturated rings. The molecule has 0 atom stereocenters. The number of halogens is 2. The first-order chi connectivity index (χ1) is 7.11. The monoisotopic (exact) mass is 326 g/mol. The van der Waals surface area contributed by atoms with Crippen LogP contribution in [0.15, 0.2) is 31.9 Å². The number of fused-ring (bicyclic) bond motifs is 1. The van der Waals surface area contributed by atoms with Gasteiger partial charge in [0.05, 0.1) is 5.52 Å². The highest BCUT2D eigenvalue weighted by Gasteiger charge is 2.05. The van der Waals surface area contributed by atoms with E-state index in [1.54, 1.807) is 6.07 Å². The number of nitrogens with zero attached hydrogens (tertiary/aromatic N) is 1. The van der Waals surface area contributed by atoms with Crippen LogP contribution in [0.3, 0.4) is 0 Å². The molecule has 0 spiro atoms. The largest absolute Gasteiger partial charge is 0.320 e. The smallest absolute Gasteiger partial charge is 0.266 e. The van der Waals surface area contributed by atoms with Crippen LogP contribution in [0.1, 0.15) is 5.56 Å². The maximum absolute atomic E-state index is 11.4. The molecule has 1 aromatic carbocycles. The second-order valence-corrected chi connectivity index (χ2v) is 4.75. The van der Waals surface area contributed by atoms with E-state index in [0.29, 0.717) is 5.52 Å². The quantitative estimate of drug-likeness (QED) is 0.808. The third-order valence-corrected chi connectivity index (χ3v) is 3.07. The maximum Gasteiger partial charge on any atom is 0.266 e. The molecule has 5 heteroatoms. The minimum atomic E-state index is -0.368. The van der Waals surface area contributed by atoms with Crippen molar-refractivity contribution in [2.45, 2.75) is 0 Å². The number of aromatic amines is 1. The molecule has 0 radical (unpaired) electrons. The van der Waals surface area contributed by atoms with Crippen molar-refractivity contribution >= 4 is 42.8 Å². The van der Waals surface area contributed by atoms with Crippen molar-refractivity contribution in [3.05, 3.63) is 43.1 Å². The Labute approximate surface area is 102 Å². The third kappa shape index (κ3) is 1.83. The summed E-state index contributed by atoms with van der Waals surface area (Å²) in [6.45, 7) is 0. The molecule has 0 aliphatic carbocycles. The van der Waals surface area contributed by atoms with E-state index >= 15 is 0 Å². The summed E-state index contributed by atoms with van der Waals surface area (Å²) in [5.74, 6) is 0. The summed E-state index contributed by atoms with van der Waals surface area (Å²) in [5.41, 5.74) is 0.447. The molecular weight excluding hydrogens is 324 g/mol. The van der Waals surface area contributed by atoms with Crippen LogP contribution < -0.4 is 5.56 Å². The highest BCUT2D eigenvalue weighted by molar-refractivity contribution is 9.11. The summed E-state index contributed by atoms with van der Waals surface area (Å²) >= 11 is 6.69. The van der Waals surface area contributed by atoms with Crippen molar-refractivity contribution in [2.24, 2.45) is 0 Å².